The molecule has 28 heavy (non-hydrogen) atoms. The van der Waals surface area contributed by atoms with E-state index in [1.807, 2.05) is 6.92 Å². The van der Waals surface area contributed by atoms with Crippen molar-refractivity contribution in [1.29, 1.82) is 0 Å². The van der Waals surface area contributed by atoms with Gasteiger partial charge >= 0.3 is 6.18 Å². The van der Waals surface area contributed by atoms with Crippen molar-refractivity contribution in [3.63, 3.8) is 0 Å². The zero-order valence-electron chi connectivity index (χ0n) is 15.9. The zero-order chi connectivity index (χ0) is 19.3. The predicted molar refractivity (Wildman–Crippen MR) is 112 cm³/mol. The van der Waals surface area contributed by atoms with Crippen molar-refractivity contribution in [2.45, 2.75) is 25.9 Å². The molecule has 3 rings (SSSR count). The highest BCUT2D eigenvalue weighted by molar-refractivity contribution is 14.0. The number of alkyl halides is 3. The van der Waals surface area contributed by atoms with E-state index in [1.54, 1.807) is 0 Å². The molecule has 2 fully saturated rings. The first-order chi connectivity index (χ1) is 12.9. The molecule has 2 saturated heterocycles. The lowest BCUT2D eigenvalue weighted by atomic mass is 9.87. The van der Waals surface area contributed by atoms with Gasteiger partial charge in [-0.05, 0) is 38.0 Å². The second kappa shape index (κ2) is 10.00. The van der Waals surface area contributed by atoms with E-state index in [2.05, 4.69) is 15.2 Å². The summed E-state index contributed by atoms with van der Waals surface area (Å²) in [6.45, 7) is 6.86. The average Bonchev–Trinajstić information content (AvgIpc) is 3.27. The smallest absolute Gasteiger partial charge is 0.416 e. The van der Waals surface area contributed by atoms with E-state index in [0.29, 0.717) is 6.54 Å². The minimum absolute atomic E-state index is 0. The Kier molecular flexibility index (Phi) is 8.23. The molecule has 1 aromatic carbocycles. The molecule has 0 aliphatic carbocycles. The summed E-state index contributed by atoms with van der Waals surface area (Å²) < 4.78 is 49.3. The highest BCUT2D eigenvalue weighted by atomic mass is 127. The monoisotopic (exact) mass is 513 g/mol. The number of aliphatic imine (C=N–C) groups is 1. The molecule has 1 N–H and O–H groups in total. The predicted octanol–water partition coefficient (Wildman–Crippen LogP) is 3.78. The van der Waals surface area contributed by atoms with Crippen LogP contribution in [0, 0.1) is 5.41 Å². The molecule has 9 heteroatoms. The molecule has 5 nitrogen and oxygen atoms in total. The van der Waals surface area contributed by atoms with Crippen molar-refractivity contribution in [2.75, 3.05) is 46.0 Å². The van der Waals surface area contributed by atoms with Crippen LogP contribution < -0.4 is 10.1 Å². The van der Waals surface area contributed by atoms with Crippen LogP contribution in [0.4, 0.5) is 13.2 Å². The van der Waals surface area contributed by atoms with Crippen LogP contribution in [0.3, 0.4) is 0 Å². The normalized spacial score (nSPS) is 22.4. The fourth-order valence-electron chi connectivity index (χ4n) is 3.59. The summed E-state index contributed by atoms with van der Waals surface area (Å²) in [7, 11) is 0. The molecule has 2 heterocycles. The summed E-state index contributed by atoms with van der Waals surface area (Å²) >= 11 is 0. The molecule has 0 amide bonds. The van der Waals surface area contributed by atoms with Gasteiger partial charge in [0.05, 0.1) is 18.7 Å². The van der Waals surface area contributed by atoms with E-state index in [9.17, 15) is 13.2 Å². The Balaban J connectivity index is 0.00000280. The van der Waals surface area contributed by atoms with Gasteiger partial charge in [0.2, 0.25) is 0 Å². The molecule has 0 aromatic heterocycles. The third kappa shape index (κ3) is 5.88. The maximum absolute atomic E-state index is 12.7. The quantitative estimate of drug-likeness (QED) is 0.282. The lowest BCUT2D eigenvalue weighted by molar-refractivity contribution is -0.137. The summed E-state index contributed by atoms with van der Waals surface area (Å²) in [4.78, 5) is 6.82. The van der Waals surface area contributed by atoms with Crippen molar-refractivity contribution in [3.8, 4) is 5.75 Å². The molecule has 1 aromatic rings. The van der Waals surface area contributed by atoms with Crippen molar-refractivity contribution >= 4 is 29.9 Å². The fraction of sp³-hybridized carbons (Fsp3) is 0.632. The van der Waals surface area contributed by atoms with Crippen LogP contribution in [0.25, 0.3) is 0 Å². The van der Waals surface area contributed by atoms with Crippen molar-refractivity contribution in [3.05, 3.63) is 29.8 Å². The molecule has 1 spiro atoms. The Hall–Kier alpha value is -1.23. The van der Waals surface area contributed by atoms with Crippen LogP contribution in [-0.4, -0.2) is 56.9 Å². The number of ether oxygens (including phenoxy) is 2. The standard InChI is InChI=1S/C19H26F3N3O2.HI/c1-2-23-17(25-9-6-18(13-25)7-10-26-14-18)24-8-11-27-16-5-3-4-15(12-16)19(20,21)22;/h3-5,12H,2,6-11,13-14H2,1H3,(H,23,24);1H. The Morgan fingerprint density at radius 2 is 2.18 bits per heavy atom. The maximum atomic E-state index is 12.7. The Morgan fingerprint density at radius 3 is 2.86 bits per heavy atom. The number of nitrogens with one attached hydrogen (secondary N) is 1. The highest BCUT2D eigenvalue weighted by Crippen LogP contribution is 2.38. The summed E-state index contributed by atoms with van der Waals surface area (Å²) in [5, 5.41) is 3.29. The fourth-order valence-corrected chi connectivity index (χ4v) is 3.59. The number of halogens is 4. The van der Waals surface area contributed by atoms with Gasteiger partial charge in [-0.3, -0.25) is 0 Å². The van der Waals surface area contributed by atoms with Crippen LogP contribution in [0.1, 0.15) is 25.3 Å². The lowest BCUT2D eigenvalue weighted by Gasteiger charge is -2.25. The van der Waals surface area contributed by atoms with Gasteiger partial charge in [0.25, 0.3) is 0 Å². The van der Waals surface area contributed by atoms with Crippen molar-refractivity contribution in [2.24, 2.45) is 10.4 Å². The molecule has 2 aliphatic rings. The number of hydrogen-bond donors (Lipinski definition) is 1. The van der Waals surface area contributed by atoms with E-state index >= 15 is 0 Å². The molecular formula is C19H27F3IN3O2. The van der Waals surface area contributed by atoms with Crippen LogP contribution in [0.2, 0.25) is 0 Å². The number of nitrogens with zero attached hydrogens (tertiary/aromatic N) is 2. The van der Waals surface area contributed by atoms with Gasteiger partial charge in [0.1, 0.15) is 12.4 Å². The average molecular weight is 513 g/mol. The van der Waals surface area contributed by atoms with Gasteiger partial charge in [0, 0.05) is 31.7 Å². The molecular weight excluding hydrogens is 486 g/mol. The summed E-state index contributed by atoms with van der Waals surface area (Å²) in [6, 6.07) is 4.91. The Morgan fingerprint density at radius 1 is 1.36 bits per heavy atom. The number of hydrogen-bond acceptors (Lipinski definition) is 3. The first-order valence-electron chi connectivity index (χ1n) is 9.33. The SMILES string of the molecule is CCNC(=NCCOc1cccc(C(F)(F)F)c1)N1CCC2(CCOC2)C1.I. The van der Waals surface area contributed by atoms with Gasteiger partial charge in [-0.25, -0.2) is 4.99 Å². The van der Waals surface area contributed by atoms with E-state index in [-0.39, 0.29) is 41.7 Å². The molecule has 158 valence electrons. The number of rotatable bonds is 5. The van der Waals surface area contributed by atoms with Crippen LogP contribution in [0.15, 0.2) is 29.3 Å². The van der Waals surface area contributed by atoms with Crippen LogP contribution in [-0.2, 0) is 10.9 Å². The van der Waals surface area contributed by atoms with E-state index in [0.717, 1.165) is 63.8 Å². The molecule has 1 atom stereocenters. The van der Waals surface area contributed by atoms with Crippen molar-refractivity contribution in [1.82, 2.24) is 10.2 Å². The van der Waals surface area contributed by atoms with E-state index in [4.69, 9.17) is 9.47 Å². The van der Waals surface area contributed by atoms with Gasteiger partial charge < -0.3 is 19.7 Å². The number of guanidine groups is 1. The molecule has 0 radical (unpaired) electrons. The zero-order valence-corrected chi connectivity index (χ0v) is 18.3. The third-order valence-corrected chi connectivity index (χ3v) is 5.04. The van der Waals surface area contributed by atoms with Gasteiger partial charge in [-0.15, -0.1) is 24.0 Å². The van der Waals surface area contributed by atoms with Gasteiger partial charge in [-0.2, -0.15) is 13.2 Å². The first kappa shape index (κ1) is 23.1. The van der Waals surface area contributed by atoms with Gasteiger partial charge in [-0.1, -0.05) is 6.07 Å². The molecule has 0 saturated carbocycles. The van der Waals surface area contributed by atoms with E-state index in [1.165, 1.54) is 12.1 Å². The maximum Gasteiger partial charge on any atom is 0.416 e. The molecule has 2 aliphatic heterocycles. The summed E-state index contributed by atoms with van der Waals surface area (Å²) in [5.41, 5.74) is -0.469. The lowest BCUT2D eigenvalue weighted by Crippen LogP contribution is -2.41. The molecule has 0 bridgehead atoms. The Labute approximate surface area is 180 Å². The van der Waals surface area contributed by atoms with Gasteiger partial charge in [0.15, 0.2) is 5.96 Å². The number of benzene rings is 1. The minimum atomic E-state index is -4.37. The highest BCUT2D eigenvalue weighted by Gasteiger charge is 2.42. The second-order valence-corrected chi connectivity index (χ2v) is 7.08. The number of likely N-dealkylation sites (tertiary alicyclic amines) is 1. The Bertz CT molecular complexity index is 664. The summed E-state index contributed by atoms with van der Waals surface area (Å²) in [5.74, 6) is 1.03. The van der Waals surface area contributed by atoms with Crippen molar-refractivity contribution < 1.29 is 22.6 Å². The van der Waals surface area contributed by atoms with Crippen LogP contribution >= 0.6 is 24.0 Å². The molecule has 1 unspecified atom stereocenters. The third-order valence-electron chi connectivity index (χ3n) is 5.04. The van der Waals surface area contributed by atoms with Crippen LogP contribution in [0.5, 0.6) is 5.75 Å². The largest absolute Gasteiger partial charge is 0.492 e. The summed E-state index contributed by atoms with van der Waals surface area (Å²) in [6.07, 6.45) is -2.19. The topological polar surface area (TPSA) is 46.1 Å². The first-order valence-corrected chi connectivity index (χ1v) is 9.33. The minimum Gasteiger partial charge on any atom is -0.492 e. The second-order valence-electron chi connectivity index (χ2n) is 7.08. The van der Waals surface area contributed by atoms with E-state index < -0.39 is 11.7 Å².